The summed E-state index contributed by atoms with van der Waals surface area (Å²) in [5.41, 5.74) is 2.35. The molecule has 0 atom stereocenters. The number of methoxy groups -OCH3 is 1. The molecule has 3 nitrogen and oxygen atoms in total. The molecular weight excluding hydrogens is 248 g/mol. The van der Waals surface area contributed by atoms with Crippen LogP contribution in [0, 0.1) is 6.92 Å². The molecule has 4 heteroatoms. The minimum absolute atomic E-state index is 0.778. The van der Waals surface area contributed by atoms with E-state index in [0.29, 0.717) is 0 Å². The second-order valence-corrected chi connectivity index (χ2v) is 4.97. The third-order valence-electron chi connectivity index (χ3n) is 2.87. The van der Waals surface area contributed by atoms with Crippen molar-refractivity contribution < 1.29 is 4.74 Å². The van der Waals surface area contributed by atoms with E-state index < -0.39 is 0 Å². The SMILES string of the molecule is COCCN(C)CCNCc1ccc(C)cc1Cl. The van der Waals surface area contributed by atoms with E-state index in [2.05, 4.69) is 29.4 Å². The van der Waals surface area contributed by atoms with Gasteiger partial charge in [-0.05, 0) is 31.2 Å². The molecule has 0 aliphatic heterocycles. The summed E-state index contributed by atoms with van der Waals surface area (Å²) in [6, 6.07) is 6.18. The minimum Gasteiger partial charge on any atom is -0.383 e. The van der Waals surface area contributed by atoms with Crippen LogP contribution in [0.15, 0.2) is 18.2 Å². The number of halogens is 1. The van der Waals surface area contributed by atoms with E-state index in [-0.39, 0.29) is 0 Å². The lowest BCUT2D eigenvalue weighted by molar-refractivity contribution is 0.161. The zero-order valence-electron chi connectivity index (χ0n) is 11.5. The Labute approximate surface area is 115 Å². The Morgan fingerprint density at radius 1 is 1.33 bits per heavy atom. The molecule has 0 spiro atoms. The summed E-state index contributed by atoms with van der Waals surface area (Å²) in [5.74, 6) is 0. The van der Waals surface area contributed by atoms with Crippen molar-refractivity contribution in [3.63, 3.8) is 0 Å². The van der Waals surface area contributed by atoms with Gasteiger partial charge in [0, 0.05) is 38.3 Å². The number of aryl methyl sites for hydroxylation is 1. The summed E-state index contributed by atoms with van der Waals surface area (Å²) in [4.78, 5) is 2.24. The fourth-order valence-corrected chi connectivity index (χ4v) is 1.95. The third kappa shape index (κ3) is 5.83. The molecule has 1 aromatic rings. The van der Waals surface area contributed by atoms with Crippen LogP contribution in [0.5, 0.6) is 0 Å². The Kier molecular flexibility index (Phi) is 7.28. The molecule has 0 bridgehead atoms. The molecule has 1 N–H and O–H groups in total. The molecule has 0 aliphatic rings. The normalized spacial score (nSPS) is 11.2. The summed E-state index contributed by atoms with van der Waals surface area (Å²) in [5, 5.41) is 4.25. The molecule has 0 aromatic heterocycles. The molecule has 0 radical (unpaired) electrons. The van der Waals surface area contributed by atoms with E-state index in [4.69, 9.17) is 16.3 Å². The van der Waals surface area contributed by atoms with Crippen LogP contribution in [0.4, 0.5) is 0 Å². The van der Waals surface area contributed by atoms with Gasteiger partial charge < -0.3 is 15.0 Å². The van der Waals surface area contributed by atoms with Crippen molar-refractivity contribution in [3.05, 3.63) is 34.3 Å². The number of rotatable bonds is 8. The van der Waals surface area contributed by atoms with Crippen LogP contribution in [0.3, 0.4) is 0 Å². The van der Waals surface area contributed by atoms with Crippen LogP contribution in [0.1, 0.15) is 11.1 Å². The topological polar surface area (TPSA) is 24.5 Å². The fourth-order valence-electron chi connectivity index (χ4n) is 1.65. The lowest BCUT2D eigenvalue weighted by Crippen LogP contribution is -2.31. The van der Waals surface area contributed by atoms with Crippen LogP contribution in [-0.2, 0) is 11.3 Å². The van der Waals surface area contributed by atoms with Crippen molar-refractivity contribution in [2.75, 3.05) is 40.4 Å². The molecule has 0 aliphatic carbocycles. The van der Waals surface area contributed by atoms with Gasteiger partial charge in [-0.15, -0.1) is 0 Å². The predicted octanol–water partition coefficient (Wildman–Crippen LogP) is 2.32. The van der Waals surface area contributed by atoms with Gasteiger partial charge in [0.1, 0.15) is 0 Å². The largest absolute Gasteiger partial charge is 0.383 e. The molecule has 0 unspecified atom stereocenters. The predicted molar refractivity (Wildman–Crippen MR) is 77.3 cm³/mol. The molecule has 18 heavy (non-hydrogen) atoms. The van der Waals surface area contributed by atoms with Crippen LogP contribution >= 0.6 is 11.6 Å². The average molecular weight is 271 g/mol. The Morgan fingerprint density at radius 2 is 2.11 bits per heavy atom. The van der Waals surface area contributed by atoms with E-state index in [1.165, 1.54) is 5.56 Å². The highest BCUT2D eigenvalue weighted by atomic mass is 35.5. The highest BCUT2D eigenvalue weighted by molar-refractivity contribution is 6.31. The zero-order chi connectivity index (χ0) is 13.4. The summed E-state index contributed by atoms with van der Waals surface area (Å²) >= 11 is 6.17. The van der Waals surface area contributed by atoms with Crippen molar-refractivity contribution in [1.29, 1.82) is 0 Å². The van der Waals surface area contributed by atoms with Gasteiger partial charge >= 0.3 is 0 Å². The monoisotopic (exact) mass is 270 g/mol. The Balaban J connectivity index is 2.21. The van der Waals surface area contributed by atoms with Crippen LogP contribution < -0.4 is 5.32 Å². The van der Waals surface area contributed by atoms with Gasteiger partial charge in [0.15, 0.2) is 0 Å². The molecule has 0 fully saturated rings. The zero-order valence-corrected chi connectivity index (χ0v) is 12.3. The van der Waals surface area contributed by atoms with Crippen molar-refractivity contribution in [2.24, 2.45) is 0 Å². The number of hydrogen-bond acceptors (Lipinski definition) is 3. The van der Waals surface area contributed by atoms with Gasteiger partial charge in [0.05, 0.1) is 6.61 Å². The van der Waals surface area contributed by atoms with E-state index in [1.807, 2.05) is 13.0 Å². The fraction of sp³-hybridized carbons (Fsp3) is 0.571. The first-order chi connectivity index (χ1) is 8.63. The van der Waals surface area contributed by atoms with Crippen molar-refractivity contribution >= 4 is 11.6 Å². The van der Waals surface area contributed by atoms with Crippen LogP contribution in [0.2, 0.25) is 5.02 Å². The standard InChI is InChI=1S/C14H23ClN2O/c1-12-4-5-13(14(15)10-12)11-16-6-7-17(2)8-9-18-3/h4-5,10,16H,6-9,11H2,1-3H3. The van der Waals surface area contributed by atoms with Gasteiger partial charge in [-0.1, -0.05) is 23.7 Å². The number of hydrogen-bond donors (Lipinski definition) is 1. The number of ether oxygens (including phenoxy) is 1. The highest BCUT2D eigenvalue weighted by Crippen LogP contribution is 2.16. The Morgan fingerprint density at radius 3 is 2.78 bits per heavy atom. The van der Waals surface area contributed by atoms with E-state index in [9.17, 15) is 0 Å². The van der Waals surface area contributed by atoms with Gasteiger partial charge in [-0.25, -0.2) is 0 Å². The molecule has 0 heterocycles. The molecule has 0 amide bonds. The van der Waals surface area contributed by atoms with Gasteiger partial charge in [-0.2, -0.15) is 0 Å². The third-order valence-corrected chi connectivity index (χ3v) is 3.22. The maximum atomic E-state index is 6.17. The molecule has 1 rings (SSSR count). The quantitative estimate of drug-likeness (QED) is 0.734. The molecule has 0 saturated heterocycles. The van der Waals surface area contributed by atoms with Gasteiger partial charge in [0.2, 0.25) is 0 Å². The average Bonchev–Trinajstić information content (AvgIpc) is 2.34. The van der Waals surface area contributed by atoms with Gasteiger partial charge in [-0.3, -0.25) is 0 Å². The maximum Gasteiger partial charge on any atom is 0.0589 e. The maximum absolute atomic E-state index is 6.17. The second-order valence-electron chi connectivity index (χ2n) is 4.57. The molecule has 1 aromatic carbocycles. The Hall–Kier alpha value is -0.610. The first kappa shape index (κ1) is 15.4. The van der Waals surface area contributed by atoms with Crippen LogP contribution in [0.25, 0.3) is 0 Å². The number of nitrogens with zero attached hydrogens (tertiary/aromatic N) is 1. The van der Waals surface area contributed by atoms with E-state index >= 15 is 0 Å². The lowest BCUT2D eigenvalue weighted by Gasteiger charge is -2.16. The van der Waals surface area contributed by atoms with Gasteiger partial charge in [0.25, 0.3) is 0 Å². The first-order valence-electron chi connectivity index (χ1n) is 6.26. The number of likely N-dealkylation sites (N-methyl/N-ethyl adjacent to an activating group) is 1. The summed E-state index contributed by atoms with van der Waals surface area (Å²) in [6.07, 6.45) is 0. The van der Waals surface area contributed by atoms with Crippen LogP contribution in [-0.4, -0.2) is 45.3 Å². The molecule has 0 saturated carbocycles. The summed E-state index contributed by atoms with van der Waals surface area (Å²) in [6.45, 7) is 6.56. The van der Waals surface area contributed by atoms with Crippen molar-refractivity contribution in [2.45, 2.75) is 13.5 Å². The molecule has 102 valence electrons. The molecular formula is C14H23ClN2O. The van der Waals surface area contributed by atoms with Crippen molar-refractivity contribution in [1.82, 2.24) is 10.2 Å². The van der Waals surface area contributed by atoms with E-state index in [1.54, 1.807) is 7.11 Å². The lowest BCUT2D eigenvalue weighted by atomic mass is 10.1. The highest BCUT2D eigenvalue weighted by Gasteiger charge is 2.01. The smallest absolute Gasteiger partial charge is 0.0589 e. The number of nitrogens with one attached hydrogen (secondary N) is 1. The van der Waals surface area contributed by atoms with Crippen molar-refractivity contribution in [3.8, 4) is 0 Å². The van der Waals surface area contributed by atoms with E-state index in [0.717, 1.165) is 43.4 Å². The summed E-state index contributed by atoms with van der Waals surface area (Å²) < 4.78 is 5.04. The first-order valence-corrected chi connectivity index (χ1v) is 6.64. The Bertz CT molecular complexity index is 358. The summed E-state index contributed by atoms with van der Waals surface area (Å²) in [7, 11) is 3.82. The minimum atomic E-state index is 0.778. The second kappa shape index (κ2) is 8.48. The number of benzene rings is 1.